The van der Waals surface area contributed by atoms with Crippen LogP contribution in [0.3, 0.4) is 0 Å². The molecule has 0 unspecified atom stereocenters. The van der Waals surface area contributed by atoms with Gasteiger partial charge in [-0.2, -0.15) is 0 Å². The van der Waals surface area contributed by atoms with E-state index in [9.17, 15) is 18.0 Å². The summed E-state index contributed by atoms with van der Waals surface area (Å²) < 4.78 is 29.6. The van der Waals surface area contributed by atoms with Gasteiger partial charge in [-0.1, -0.05) is 104 Å². The Balaban J connectivity index is 1.58. The molecule has 0 aromatic heterocycles. The van der Waals surface area contributed by atoms with Gasteiger partial charge in [-0.05, 0) is 79.3 Å². The summed E-state index contributed by atoms with van der Waals surface area (Å²) in [6.07, 6.45) is 5.32. The van der Waals surface area contributed by atoms with Crippen LogP contribution < -0.4 is 9.62 Å². The highest BCUT2D eigenvalue weighted by atomic mass is 35.5. The molecule has 0 aliphatic heterocycles. The Labute approximate surface area is 283 Å². The molecule has 0 heterocycles. The van der Waals surface area contributed by atoms with Crippen LogP contribution in [0.2, 0.25) is 5.02 Å². The second kappa shape index (κ2) is 15.6. The van der Waals surface area contributed by atoms with E-state index < -0.39 is 28.5 Å². The van der Waals surface area contributed by atoms with Crippen molar-refractivity contribution in [3.05, 3.63) is 130 Å². The topological polar surface area (TPSA) is 86.8 Å². The molecule has 5 rings (SSSR count). The van der Waals surface area contributed by atoms with Gasteiger partial charge in [0.15, 0.2) is 0 Å². The number of nitrogens with zero attached hydrogens (tertiary/aromatic N) is 2. The number of benzene rings is 4. The lowest BCUT2D eigenvalue weighted by Crippen LogP contribution is -2.55. The van der Waals surface area contributed by atoms with Crippen LogP contribution in [0, 0.1) is 13.8 Å². The van der Waals surface area contributed by atoms with Crippen molar-refractivity contribution in [2.75, 3.05) is 10.8 Å². The molecule has 1 atom stereocenters. The van der Waals surface area contributed by atoms with Crippen molar-refractivity contribution in [3.8, 4) is 0 Å². The van der Waals surface area contributed by atoms with Crippen LogP contribution >= 0.6 is 11.6 Å². The van der Waals surface area contributed by atoms with Gasteiger partial charge < -0.3 is 10.2 Å². The van der Waals surface area contributed by atoms with Gasteiger partial charge in [0.25, 0.3) is 10.0 Å². The third-order valence-corrected chi connectivity index (χ3v) is 10.9. The van der Waals surface area contributed by atoms with E-state index in [1.54, 1.807) is 48.2 Å². The molecule has 2 amide bonds. The number of carbonyl (C=O) groups is 2. The summed E-state index contributed by atoms with van der Waals surface area (Å²) in [5.41, 5.74) is 3.70. The molecule has 7 nitrogen and oxygen atoms in total. The third-order valence-electron chi connectivity index (χ3n) is 8.86. The fourth-order valence-electron chi connectivity index (χ4n) is 6.20. The summed E-state index contributed by atoms with van der Waals surface area (Å²) in [4.78, 5) is 30.6. The average molecular weight is 672 g/mol. The summed E-state index contributed by atoms with van der Waals surface area (Å²) in [6, 6.07) is 29.5. The number of rotatable bonds is 12. The average Bonchev–Trinajstić information content (AvgIpc) is 3.07. The molecule has 1 fully saturated rings. The number of hydrogen-bond donors (Lipinski definition) is 1. The highest BCUT2D eigenvalue weighted by Gasteiger charge is 2.36. The van der Waals surface area contributed by atoms with E-state index in [0.29, 0.717) is 16.3 Å². The van der Waals surface area contributed by atoms with Gasteiger partial charge in [0.05, 0.1) is 10.6 Å². The van der Waals surface area contributed by atoms with E-state index in [2.05, 4.69) is 5.32 Å². The minimum Gasteiger partial charge on any atom is -0.352 e. The predicted octanol–water partition coefficient (Wildman–Crippen LogP) is 7.24. The smallest absolute Gasteiger partial charge is 0.264 e. The van der Waals surface area contributed by atoms with Crippen molar-refractivity contribution >= 4 is 39.1 Å². The molecule has 0 radical (unpaired) electrons. The fourth-order valence-corrected chi connectivity index (χ4v) is 7.93. The van der Waals surface area contributed by atoms with Gasteiger partial charge in [-0.15, -0.1) is 0 Å². The SMILES string of the molecule is Cc1ccccc1CN(C(=O)CN(c1ccc(Cl)cc1C)S(=O)(=O)c1ccccc1)[C@H](Cc1ccccc1)C(=O)NC1CCCCC1. The number of aryl methyl sites for hydroxylation is 2. The van der Waals surface area contributed by atoms with Crippen molar-refractivity contribution in [1.29, 1.82) is 0 Å². The summed E-state index contributed by atoms with van der Waals surface area (Å²) in [5.74, 6) is -0.718. The third kappa shape index (κ3) is 8.62. The largest absolute Gasteiger partial charge is 0.352 e. The summed E-state index contributed by atoms with van der Waals surface area (Å²) >= 11 is 6.26. The number of sulfonamides is 1. The second-order valence-corrected chi connectivity index (χ2v) is 14.6. The van der Waals surface area contributed by atoms with Gasteiger partial charge in [0.2, 0.25) is 11.8 Å². The first-order valence-electron chi connectivity index (χ1n) is 16.2. The van der Waals surface area contributed by atoms with Crippen LogP contribution in [0.5, 0.6) is 0 Å². The first kappa shape index (κ1) is 34.2. The van der Waals surface area contributed by atoms with E-state index in [1.165, 1.54) is 12.1 Å². The summed E-state index contributed by atoms with van der Waals surface area (Å²) in [6.45, 7) is 3.36. The number of anilines is 1. The summed E-state index contributed by atoms with van der Waals surface area (Å²) in [7, 11) is -4.18. The van der Waals surface area contributed by atoms with Crippen molar-refractivity contribution in [2.45, 2.75) is 75.9 Å². The zero-order valence-corrected chi connectivity index (χ0v) is 28.5. The van der Waals surface area contributed by atoms with Gasteiger partial charge in [-0.25, -0.2) is 8.42 Å². The quantitative estimate of drug-likeness (QED) is 0.172. The molecule has 0 saturated heterocycles. The predicted molar refractivity (Wildman–Crippen MR) is 188 cm³/mol. The molecule has 0 spiro atoms. The Morgan fingerprint density at radius 2 is 1.47 bits per heavy atom. The molecule has 1 saturated carbocycles. The molecule has 246 valence electrons. The van der Waals surface area contributed by atoms with E-state index in [-0.39, 0.29) is 29.8 Å². The van der Waals surface area contributed by atoms with Crippen molar-refractivity contribution in [3.63, 3.8) is 0 Å². The van der Waals surface area contributed by atoms with E-state index in [4.69, 9.17) is 11.6 Å². The van der Waals surface area contributed by atoms with Crippen LogP contribution in [-0.2, 0) is 32.6 Å². The van der Waals surface area contributed by atoms with E-state index in [0.717, 1.165) is 53.1 Å². The first-order valence-corrected chi connectivity index (χ1v) is 18.0. The Morgan fingerprint density at radius 1 is 0.830 bits per heavy atom. The molecule has 4 aromatic rings. The minimum atomic E-state index is -4.18. The Morgan fingerprint density at radius 3 is 2.13 bits per heavy atom. The number of carbonyl (C=O) groups excluding carboxylic acids is 2. The zero-order chi connectivity index (χ0) is 33.4. The van der Waals surface area contributed by atoms with Crippen LogP contribution in [0.1, 0.15) is 54.4 Å². The monoisotopic (exact) mass is 671 g/mol. The van der Waals surface area contributed by atoms with Crippen LogP contribution in [0.25, 0.3) is 0 Å². The number of hydrogen-bond acceptors (Lipinski definition) is 4. The maximum Gasteiger partial charge on any atom is 0.264 e. The molecular formula is C38H42ClN3O4S. The lowest BCUT2D eigenvalue weighted by atomic mass is 9.94. The Hall–Kier alpha value is -4.14. The van der Waals surface area contributed by atoms with Crippen LogP contribution in [0.15, 0.2) is 108 Å². The molecule has 0 bridgehead atoms. The van der Waals surface area contributed by atoms with E-state index in [1.807, 2.05) is 61.5 Å². The highest BCUT2D eigenvalue weighted by Crippen LogP contribution is 2.30. The van der Waals surface area contributed by atoms with Gasteiger partial charge >= 0.3 is 0 Å². The zero-order valence-electron chi connectivity index (χ0n) is 26.9. The fraction of sp³-hybridized carbons (Fsp3) is 0.316. The molecular weight excluding hydrogens is 630 g/mol. The highest BCUT2D eigenvalue weighted by molar-refractivity contribution is 7.92. The lowest BCUT2D eigenvalue weighted by molar-refractivity contribution is -0.140. The second-order valence-electron chi connectivity index (χ2n) is 12.3. The first-order chi connectivity index (χ1) is 22.6. The van der Waals surface area contributed by atoms with Crippen molar-refractivity contribution < 1.29 is 18.0 Å². The van der Waals surface area contributed by atoms with Crippen molar-refractivity contribution in [2.24, 2.45) is 0 Å². The number of halogens is 1. The molecule has 1 aliphatic carbocycles. The molecule has 9 heteroatoms. The van der Waals surface area contributed by atoms with E-state index >= 15 is 0 Å². The summed E-state index contributed by atoms with van der Waals surface area (Å²) in [5, 5.41) is 3.71. The normalized spacial score (nSPS) is 14.3. The standard InChI is InChI=1S/C38H42ClN3O4S/c1-28-14-12-13-17-31(28)26-41(36(25-30-15-6-3-7-16-30)38(44)40-33-18-8-4-9-19-33)37(43)27-42(35-23-22-32(39)24-29(35)2)47(45,46)34-20-10-5-11-21-34/h3,5-7,10-17,20-24,33,36H,4,8-9,18-19,25-27H2,1-2H3,(H,40,44)/t36-/m1/s1. The Bertz CT molecular complexity index is 1780. The molecule has 1 aliphatic rings. The van der Waals surface area contributed by atoms with Gasteiger partial charge in [0, 0.05) is 24.0 Å². The molecule has 4 aromatic carbocycles. The maximum absolute atomic E-state index is 14.7. The van der Waals surface area contributed by atoms with Crippen LogP contribution in [-0.4, -0.2) is 43.8 Å². The van der Waals surface area contributed by atoms with Crippen molar-refractivity contribution in [1.82, 2.24) is 10.2 Å². The number of nitrogens with one attached hydrogen (secondary N) is 1. The van der Waals surface area contributed by atoms with Crippen LogP contribution in [0.4, 0.5) is 5.69 Å². The van der Waals surface area contributed by atoms with Gasteiger partial charge in [0.1, 0.15) is 12.6 Å². The maximum atomic E-state index is 14.7. The molecule has 47 heavy (non-hydrogen) atoms. The minimum absolute atomic E-state index is 0.0385. The van der Waals surface area contributed by atoms with Gasteiger partial charge in [-0.3, -0.25) is 13.9 Å². The number of amides is 2. The Kier molecular flexibility index (Phi) is 11.4. The lowest BCUT2D eigenvalue weighted by Gasteiger charge is -2.35. The molecule has 1 N–H and O–H groups in total.